The normalized spacial score (nSPS) is 21.9. The molecule has 2 saturated heterocycles. The minimum absolute atomic E-state index is 0.0521. The zero-order chi connectivity index (χ0) is 22.3. The summed E-state index contributed by atoms with van der Waals surface area (Å²) in [6.07, 6.45) is 10.6. The number of carbonyl (C=O) groups excluding carboxylic acids is 1. The highest BCUT2D eigenvalue weighted by molar-refractivity contribution is 6.33. The number of ketones is 1. The van der Waals surface area contributed by atoms with Gasteiger partial charge in [-0.25, -0.2) is 4.98 Å². The molecule has 172 valence electrons. The topological polar surface area (TPSA) is 89.0 Å². The van der Waals surface area contributed by atoms with Crippen LogP contribution in [-0.2, 0) is 16.0 Å². The Hall–Kier alpha value is -2.09. The second-order valence-corrected chi connectivity index (χ2v) is 9.22. The molecule has 4 rings (SSSR count). The Morgan fingerprint density at radius 2 is 2.06 bits per heavy atom. The van der Waals surface area contributed by atoms with Gasteiger partial charge in [0, 0.05) is 62.1 Å². The first-order chi connectivity index (χ1) is 15.6. The van der Waals surface area contributed by atoms with E-state index in [0.29, 0.717) is 29.1 Å². The molecule has 0 unspecified atom stereocenters. The van der Waals surface area contributed by atoms with E-state index in [2.05, 4.69) is 27.5 Å². The molecule has 0 bridgehead atoms. The lowest BCUT2D eigenvalue weighted by molar-refractivity contribution is -0.122. The first-order valence-corrected chi connectivity index (χ1v) is 12.0. The van der Waals surface area contributed by atoms with Gasteiger partial charge in [0.25, 0.3) is 0 Å². The number of halogens is 1. The number of carbonyl (C=O) groups is 1. The zero-order valence-corrected chi connectivity index (χ0v) is 19.4. The van der Waals surface area contributed by atoms with Crippen molar-refractivity contribution in [3.8, 4) is 11.3 Å². The maximum Gasteiger partial charge on any atom is 0.145 e. The number of hydrogen-bond donors (Lipinski definition) is 2. The quantitative estimate of drug-likeness (QED) is 0.620. The summed E-state index contributed by atoms with van der Waals surface area (Å²) in [7, 11) is 0. The highest BCUT2D eigenvalue weighted by Gasteiger charge is 2.25. The third kappa shape index (κ3) is 6.03. The van der Waals surface area contributed by atoms with Crippen LogP contribution in [0.25, 0.3) is 11.3 Å². The molecule has 0 aliphatic carbocycles. The SMILES string of the molecule is CC[C@H]1CC[C@@H](C(=O)Cc2cc(-c3cncc(NCC4CCOCC4)n3)c(Cl)cn2)CN1. The molecule has 8 heteroatoms. The van der Waals surface area contributed by atoms with Crippen molar-refractivity contribution in [1.29, 1.82) is 0 Å². The fourth-order valence-electron chi connectivity index (χ4n) is 4.42. The van der Waals surface area contributed by atoms with E-state index in [4.69, 9.17) is 21.3 Å². The van der Waals surface area contributed by atoms with Crippen LogP contribution in [0.15, 0.2) is 24.7 Å². The number of rotatable bonds is 8. The number of pyridine rings is 1. The van der Waals surface area contributed by atoms with Gasteiger partial charge in [0.15, 0.2) is 0 Å². The van der Waals surface area contributed by atoms with Crippen molar-refractivity contribution in [2.75, 3.05) is 31.6 Å². The third-order valence-corrected chi connectivity index (χ3v) is 6.86. The van der Waals surface area contributed by atoms with E-state index in [0.717, 1.165) is 75.5 Å². The number of hydrogen-bond acceptors (Lipinski definition) is 7. The van der Waals surface area contributed by atoms with Gasteiger partial charge in [-0.15, -0.1) is 0 Å². The van der Waals surface area contributed by atoms with E-state index < -0.39 is 0 Å². The van der Waals surface area contributed by atoms with Crippen molar-refractivity contribution in [3.05, 3.63) is 35.4 Å². The molecule has 0 aromatic carbocycles. The molecule has 2 aliphatic heterocycles. The Labute approximate surface area is 194 Å². The summed E-state index contributed by atoms with van der Waals surface area (Å²) in [4.78, 5) is 26.3. The number of Topliss-reactive ketones (excluding diaryl/α,β-unsaturated/α-hetero) is 1. The summed E-state index contributed by atoms with van der Waals surface area (Å²) < 4.78 is 5.43. The molecule has 0 saturated carbocycles. The van der Waals surface area contributed by atoms with Gasteiger partial charge in [0.05, 0.1) is 23.1 Å². The Morgan fingerprint density at radius 1 is 1.22 bits per heavy atom. The molecule has 2 aromatic rings. The second kappa shape index (κ2) is 11.2. The average molecular weight is 458 g/mol. The van der Waals surface area contributed by atoms with Gasteiger partial charge in [0.1, 0.15) is 11.6 Å². The van der Waals surface area contributed by atoms with Crippen LogP contribution in [0, 0.1) is 11.8 Å². The van der Waals surface area contributed by atoms with Crippen molar-refractivity contribution in [3.63, 3.8) is 0 Å². The molecular formula is C24H32ClN5O2. The first-order valence-electron chi connectivity index (χ1n) is 11.7. The molecule has 4 heterocycles. The molecule has 0 amide bonds. The Bertz CT molecular complexity index is 911. The summed E-state index contributed by atoms with van der Waals surface area (Å²) >= 11 is 6.44. The van der Waals surface area contributed by atoms with Crippen molar-refractivity contribution < 1.29 is 9.53 Å². The van der Waals surface area contributed by atoms with Crippen LogP contribution in [0.3, 0.4) is 0 Å². The van der Waals surface area contributed by atoms with Crippen LogP contribution in [-0.4, -0.2) is 53.1 Å². The highest BCUT2D eigenvalue weighted by atomic mass is 35.5. The smallest absolute Gasteiger partial charge is 0.145 e. The largest absolute Gasteiger partial charge is 0.381 e. The van der Waals surface area contributed by atoms with Crippen molar-refractivity contribution in [2.24, 2.45) is 11.8 Å². The summed E-state index contributed by atoms with van der Waals surface area (Å²) in [5, 5.41) is 7.37. The average Bonchev–Trinajstić information content (AvgIpc) is 2.85. The van der Waals surface area contributed by atoms with Crippen LogP contribution in [0.4, 0.5) is 5.82 Å². The predicted molar refractivity (Wildman–Crippen MR) is 126 cm³/mol. The molecule has 0 radical (unpaired) electrons. The van der Waals surface area contributed by atoms with E-state index in [1.165, 1.54) is 0 Å². The minimum atomic E-state index is 0.0521. The second-order valence-electron chi connectivity index (χ2n) is 8.81. The van der Waals surface area contributed by atoms with Crippen LogP contribution in [0.1, 0.15) is 44.7 Å². The summed E-state index contributed by atoms with van der Waals surface area (Å²) in [5.74, 6) is 1.58. The van der Waals surface area contributed by atoms with Crippen molar-refractivity contribution in [1.82, 2.24) is 20.3 Å². The Morgan fingerprint density at radius 3 is 2.81 bits per heavy atom. The third-order valence-electron chi connectivity index (χ3n) is 6.56. The number of piperidine rings is 1. The molecule has 2 aromatic heterocycles. The van der Waals surface area contributed by atoms with Crippen molar-refractivity contribution in [2.45, 2.75) is 51.5 Å². The van der Waals surface area contributed by atoms with Gasteiger partial charge >= 0.3 is 0 Å². The van der Waals surface area contributed by atoms with Crippen LogP contribution < -0.4 is 10.6 Å². The van der Waals surface area contributed by atoms with E-state index in [-0.39, 0.29) is 11.7 Å². The molecule has 2 aliphatic rings. The zero-order valence-electron chi connectivity index (χ0n) is 18.6. The number of ether oxygens (including phenoxy) is 1. The van der Waals surface area contributed by atoms with Crippen LogP contribution in [0.2, 0.25) is 5.02 Å². The maximum atomic E-state index is 12.8. The van der Waals surface area contributed by atoms with E-state index >= 15 is 0 Å². The lowest BCUT2D eigenvalue weighted by Crippen LogP contribution is -2.41. The number of nitrogens with zero attached hydrogens (tertiary/aromatic N) is 3. The van der Waals surface area contributed by atoms with Gasteiger partial charge in [0.2, 0.25) is 0 Å². The highest BCUT2D eigenvalue weighted by Crippen LogP contribution is 2.28. The lowest BCUT2D eigenvalue weighted by atomic mass is 9.88. The Balaban J connectivity index is 1.41. The van der Waals surface area contributed by atoms with Crippen molar-refractivity contribution >= 4 is 23.2 Å². The fourth-order valence-corrected chi connectivity index (χ4v) is 4.62. The monoisotopic (exact) mass is 457 g/mol. The van der Waals surface area contributed by atoms with Gasteiger partial charge in [-0.3, -0.25) is 14.8 Å². The molecule has 2 fully saturated rings. The summed E-state index contributed by atoms with van der Waals surface area (Å²) in [6, 6.07) is 2.41. The number of anilines is 1. The lowest BCUT2D eigenvalue weighted by Gasteiger charge is -2.28. The fraction of sp³-hybridized carbons (Fsp3) is 0.583. The first kappa shape index (κ1) is 23.1. The van der Waals surface area contributed by atoms with Crippen LogP contribution >= 0.6 is 11.6 Å². The van der Waals surface area contributed by atoms with Crippen LogP contribution in [0.5, 0.6) is 0 Å². The van der Waals surface area contributed by atoms with Gasteiger partial charge in [-0.1, -0.05) is 18.5 Å². The molecule has 2 N–H and O–H groups in total. The van der Waals surface area contributed by atoms with E-state index in [9.17, 15) is 4.79 Å². The van der Waals surface area contributed by atoms with Gasteiger partial charge < -0.3 is 15.4 Å². The van der Waals surface area contributed by atoms with Gasteiger partial charge in [-0.2, -0.15) is 0 Å². The number of aromatic nitrogens is 3. The summed E-state index contributed by atoms with van der Waals surface area (Å²) in [6.45, 7) is 5.42. The predicted octanol–water partition coefficient (Wildman–Crippen LogP) is 3.92. The molecular weight excluding hydrogens is 426 g/mol. The molecule has 2 atom stereocenters. The molecule has 32 heavy (non-hydrogen) atoms. The molecule has 0 spiro atoms. The van der Waals surface area contributed by atoms with E-state index in [1.54, 1.807) is 18.6 Å². The maximum absolute atomic E-state index is 12.8. The standard InChI is InChI=1S/C24H32ClN5O2/c1-2-18-4-3-17(12-27-18)23(31)10-19-9-20(21(25)13-28-19)22-14-26-15-24(30-22)29-11-16-5-7-32-8-6-16/h9,13-18,27H,2-8,10-12H2,1H3,(H,29,30)/t17-,18+/m1/s1. The number of nitrogens with one attached hydrogen (secondary N) is 2. The van der Waals surface area contributed by atoms with Gasteiger partial charge in [-0.05, 0) is 44.1 Å². The minimum Gasteiger partial charge on any atom is -0.381 e. The summed E-state index contributed by atoms with van der Waals surface area (Å²) in [5.41, 5.74) is 2.14. The Kier molecular flexibility index (Phi) is 8.05. The molecule has 7 nitrogen and oxygen atoms in total. The van der Waals surface area contributed by atoms with E-state index in [1.807, 2.05) is 6.07 Å².